The van der Waals surface area contributed by atoms with Gasteiger partial charge in [-0.1, -0.05) is 47.7 Å². The van der Waals surface area contributed by atoms with Crippen molar-refractivity contribution in [1.29, 1.82) is 0 Å². The summed E-state index contributed by atoms with van der Waals surface area (Å²) in [4.78, 5) is 6.82. The number of allylic oxidation sites excluding steroid dienone is 2. The molecule has 0 bridgehead atoms. The molecule has 0 saturated heterocycles. The predicted molar refractivity (Wildman–Crippen MR) is 162 cm³/mol. The van der Waals surface area contributed by atoms with Gasteiger partial charge in [0.05, 0.1) is 29.1 Å². The summed E-state index contributed by atoms with van der Waals surface area (Å²) in [6.07, 6.45) is 5.61. The van der Waals surface area contributed by atoms with Gasteiger partial charge in [-0.2, -0.15) is 21.4 Å². The van der Waals surface area contributed by atoms with Crippen molar-refractivity contribution in [3.05, 3.63) is 89.0 Å². The lowest BCUT2D eigenvalue weighted by Gasteiger charge is -2.23. The van der Waals surface area contributed by atoms with Gasteiger partial charge in [0.2, 0.25) is 5.52 Å². The molecule has 3 aromatic carbocycles. The van der Waals surface area contributed by atoms with E-state index < -0.39 is 26.1 Å². The fourth-order valence-corrected chi connectivity index (χ4v) is 7.28. The minimum atomic E-state index is -4.39. The Kier molecular flexibility index (Phi) is 7.87. The Morgan fingerprint density at radius 3 is 2.49 bits per heavy atom. The number of anilines is 2. The van der Waals surface area contributed by atoms with E-state index in [9.17, 15) is 25.9 Å². The van der Waals surface area contributed by atoms with Crippen LogP contribution < -0.4 is 14.4 Å². The van der Waals surface area contributed by atoms with Gasteiger partial charge in [-0.25, -0.2) is 4.85 Å². The third kappa shape index (κ3) is 6.12. The summed E-state index contributed by atoms with van der Waals surface area (Å²) < 4.78 is 68.7. The van der Waals surface area contributed by atoms with Crippen LogP contribution in [0.2, 0.25) is 0 Å². The Balaban J connectivity index is 1.59. The molecule has 0 aliphatic carbocycles. The minimum Gasteiger partial charge on any atom is -0.326 e. The van der Waals surface area contributed by atoms with Crippen molar-refractivity contribution < 1.29 is 30.5 Å². The Morgan fingerprint density at radius 2 is 1.78 bits per heavy atom. The summed E-state index contributed by atoms with van der Waals surface area (Å²) in [6.45, 7) is 10.1. The second-order valence-electron chi connectivity index (χ2n) is 9.42. The fraction of sp³-hybridized carbons (Fsp3) is 0.214. The number of rotatable bonds is 9. The lowest BCUT2D eigenvalue weighted by molar-refractivity contribution is -0.667. The smallest absolute Gasteiger partial charge is 0.283 e. The van der Waals surface area contributed by atoms with E-state index in [4.69, 9.17) is 6.57 Å². The van der Waals surface area contributed by atoms with Crippen LogP contribution in [-0.4, -0.2) is 44.1 Å². The van der Waals surface area contributed by atoms with Crippen LogP contribution in [0, 0.1) is 6.57 Å². The quantitative estimate of drug-likeness (QED) is 0.150. The minimum absolute atomic E-state index is 0.213. The van der Waals surface area contributed by atoms with E-state index >= 15 is 0 Å². The molecule has 0 atom stereocenters. The van der Waals surface area contributed by atoms with E-state index in [1.165, 1.54) is 16.2 Å². The van der Waals surface area contributed by atoms with E-state index in [1.54, 1.807) is 30.4 Å². The summed E-state index contributed by atoms with van der Waals surface area (Å²) in [5, 5.41) is 2.89. The van der Waals surface area contributed by atoms with Gasteiger partial charge in [0, 0.05) is 19.0 Å². The standard InChI is InChI=1S/C28H26N4O6S3/c1-3-30-23-14-13-21(29-2)18-24(23)32(19-41(36,37)38)26(30)10-6-11-27-31(16-7-17-40(33,34)35)28-22-9-5-4-8-20(22)12-15-25(28)39-27/h4-6,8-15,18H,3,7,16-17,19H2,1H3,(H-,33,34,35,36,37,38)/p+1. The second-order valence-corrected chi connectivity index (χ2v) is 13.5. The zero-order valence-corrected chi connectivity index (χ0v) is 24.5. The molecule has 0 fully saturated rings. The van der Waals surface area contributed by atoms with Gasteiger partial charge in [-0.3, -0.25) is 9.11 Å². The van der Waals surface area contributed by atoms with Gasteiger partial charge in [0.1, 0.15) is 10.5 Å². The lowest BCUT2D eigenvalue weighted by Crippen LogP contribution is -2.36. The van der Waals surface area contributed by atoms with E-state index in [1.807, 2.05) is 58.9 Å². The highest BCUT2D eigenvalue weighted by Gasteiger charge is 2.33. The first-order valence-corrected chi connectivity index (χ1v) is 16.7. The second kappa shape index (κ2) is 11.2. The topological polar surface area (TPSA) is 123 Å². The lowest BCUT2D eigenvalue weighted by atomic mass is 10.1. The van der Waals surface area contributed by atoms with Gasteiger partial charge in [0.15, 0.2) is 18.1 Å². The van der Waals surface area contributed by atoms with Crippen LogP contribution in [0.5, 0.6) is 0 Å². The van der Waals surface area contributed by atoms with Gasteiger partial charge in [0.25, 0.3) is 25.2 Å². The number of nitrogens with zero attached hydrogens (tertiary/aromatic N) is 4. The maximum absolute atomic E-state index is 11.9. The average molecular weight is 612 g/mol. The molecule has 1 aromatic heterocycles. The number of aryl methyl sites for hydroxylation is 1. The fourth-order valence-electron chi connectivity index (χ4n) is 5.07. The predicted octanol–water partition coefficient (Wildman–Crippen LogP) is 5.22. The van der Waals surface area contributed by atoms with Crippen LogP contribution in [-0.2, 0) is 26.8 Å². The normalized spacial score (nSPS) is 14.9. The molecule has 1 aliphatic rings. The monoisotopic (exact) mass is 611 g/mol. The highest BCUT2D eigenvalue weighted by Crippen LogP contribution is 2.43. The van der Waals surface area contributed by atoms with Gasteiger partial charge < -0.3 is 9.80 Å². The molecule has 1 aliphatic heterocycles. The van der Waals surface area contributed by atoms with Crippen molar-refractivity contribution in [2.24, 2.45) is 0 Å². The number of hydrogen-bond acceptors (Lipinski definition) is 7. The summed E-state index contributed by atoms with van der Waals surface area (Å²) in [7, 11) is -8.51. The molecule has 10 nitrogen and oxygen atoms in total. The molecule has 0 radical (unpaired) electrons. The van der Waals surface area contributed by atoms with Gasteiger partial charge in [-0.05, 0) is 42.7 Å². The zero-order chi connectivity index (χ0) is 29.4. The molecule has 0 spiro atoms. The third-order valence-electron chi connectivity index (χ3n) is 6.71. The Hall–Kier alpha value is -3.80. The van der Waals surface area contributed by atoms with Gasteiger partial charge in [-0.15, -0.1) is 0 Å². The highest BCUT2D eigenvalue weighted by atomic mass is 32.2. The molecule has 41 heavy (non-hydrogen) atoms. The van der Waals surface area contributed by atoms with Crippen molar-refractivity contribution in [2.75, 3.05) is 28.0 Å². The zero-order valence-electron chi connectivity index (χ0n) is 22.0. The first kappa shape index (κ1) is 28.7. The number of aromatic nitrogens is 1. The largest absolute Gasteiger partial charge is 0.326 e. The van der Waals surface area contributed by atoms with Crippen molar-refractivity contribution in [1.82, 2.24) is 0 Å². The van der Waals surface area contributed by atoms with E-state index in [-0.39, 0.29) is 12.2 Å². The number of fused-ring (bicyclic) bond motifs is 4. The van der Waals surface area contributed by atoms with Crippen molar-refractivity contribution >= 4 is 75.7 Å². The Labute approximate surface area is 242 Å². The molecule has 0 saturated carbocycles. The van der Waals surface area contributed by atoms with E-state index in [0.29, 0.717) is 30.3 Å². The molecule has 0 amide bonds. The van der Waals surface area contributed by atoms with E-state index in [0.717, 1.165) is 31.7 Å². The summed E-state index contributed by atoms with van der Waals surface area (Å²) in [6, 6.07) is 17.0. The Bertz CT molecular complexity index is 1980. The van der Waals surface area contributed by atoms with Crippen molar-refractivity contribution in [3.63, 3.8) is 0 Å². The van der Waals surface area contributed by atoms with Gasteiger partial charge >= 0.3 is 0 Å². The molecular weight excluding hydrogens is 585 g/mol. The summed E-state index contributed by atoms with van der Waals surface area (Å²) >= 11 is 1.53. The maximum Gasteiger partial charge on any atom is 0.283 e. The first-order chi connectivity index (χ1) is 19.5. The molecule has 13 heteroatoms. The molecule has 4 aromatic rings. The van der Waals surface area contributed by atoms with Crippen LogP contribution in [0.3, 0.4) is 0 Å². The highest BCUT2D eigenvalue weighted by molar-refractivity contribution is 7.86. The average Bonchev–Trinajstić information content (AvgIpc) is 3.41. The molecule has 212 valence electrons. The summed E-state index contributed by atoms with van der Waals surface area (Å²) in [5.41, 5.74) is 2.53. The van der Waals surface area contributed by atoms with Crippen LogP contribution in [0.1, 0.15) is 18.4 Å². The van der Waals surface area contributed by atoms with Crippen LogP contribution in [0.15, 0.2) is 72.6 Å². The van der Waals surface area contributed by atoms with Crippen molar-refractivity contribution in [2.45, 2.75) is 19.9 Å². The molecular formula is C28H27N4O6S3+. The number of hydrogen-bond donors (Lipinski definition) is 2. The number of thiazole rings is 1. The Morgan fingerprint density at radius 1 is 1.00 bits per heavy atom. The van der Waals surface area contributed by atoms with E-state index in [2.05, 4.69) is 4.85 Å². The molecule has 5 rings (SSSR count). The molecule has 2 N–H and O–H groups in total. The molecule has 0 unspecified atom stereocenters. The van der Waals surface area contributed by atoms with Crippen LogP contribution in [0.25, 0.3) is 31.9 Å². The number of benzene rings is 3. The maximum atomic E-state index is 11.9. The molecule has 2 heterocycles. The van der Waals surface area contributed by atoms with Crippen LogP contribution >= 0.6 is 11.3 Å². The SMILES string of the molecule is [C-]#[N+]c1ccc2c(c1)N(CS(=O)(=O)O)/C(=C/C=C/c1sc3ccc4ccccc4c3[n+]1CCCS(=O)(=O)O)N2CC. The van der Waals surface area contributed by atoms with Crippen molar-refractivity contribution in [3.8, 4) is 0 Å². The van der Waals surface area contributed by atoms with Crippen LogP contribution in [0.4, 0.5) is 17.1 Å². The summed E-state index contributed by atoms with van der Waals surface area (Å²) in [5.74, 6) is -0.527. The third-order valence-corrected chi connectivity index (χ3v) is 9.22. The first-order valence-electron chi connectivity index (χ1n) is 12.7.